The molecule has 1 aromatic heterocycles. The summed E-state index contributed by atoms with van der Waals surface area (Å²) in [6.45, 7) is 6.00. The molecule has 0 saturated heterocycles. The van der Waals surface area contributed by atoms with Crippen LogP contribution in [0.5, 0.6) is 0 Å². The smallest absolute Gasteiger partial charge is 0.410 e. The Morgan fingerprint density at radius 3 is 2.57 bits per heavy atom. The SMILES string of the molecule is Cn1cc(-c2cc(F)c(Nc3cc(Cl)cc4c3CN(C(=O)OC(C)(C)C)CC4)cc2C(F)F)cn1. The van der Waals surface area contributed by atoms with Gasteiger partial charge in [-0.25, -0.2) is 18.0 Å². The predicted octanol–water partition coefficient (Wildman–Crippen LogP) is 6.85. The summed E-state index contributed by atoms with van der Waals surface area (Å²) in [5.74, 6) is -0.707. The van der Waals surface area contributed by atoms with E-state index in [1.807, 2.05) is 0 Å². The number of aryl methyl sites for hydroxylation is 1. The minimum atomic E-state index is -2.83. The van der Waals surface area contributed by atoms with Crippen LogP contribution in [-0.2, 0) is 24.8 Å². The molecular formula is C25H26ClF3N4O2. The lowest BCUT2D eigenvalue weighted by molar-refractivity contribution is 0.0224. The van der Waals surface area contributed by atoms with E-state index in [0.717, 1.165) is 23.3 Å². The highest BCUT2D eigenvalue weighted by Gasteiger charge is 2.28. The third kappa shape index (κ3) is 5.56. The standard InChI is InChI=1S/C25H26ClF3N4O2/c1-25(2,3)35-24(34)33-6-5-14-7-16(26)8-21(19(14)13-33)31-22-10-18(23(28)29)17(9-20(22)27)15-11-30-32(4)12-15/h7-12,23,31H,5-6,13H2,1-4H3. The first-order chi connectivity index (χ1) is 16.4. The average molecular weight is 507 g/mol. The Morgan fingerprint density at radius 1 is 1.20 bits per heavy atom. The lowest BCUT2D eigenvalue weighted by Crippen LogP contribution is -2.40. The highest BCUT2D eigenvalue weighted by atomic mass is 35.5. The first-order valence-corrected chi connectivity index (χ1v) is 11.5. The van der Waals surface area contributed by atoms with E-state index in [0.29, 0.717) is 29.2 Å². The van der Waals surface area contributed by atoms with Crippen LogP contribution < -0.4 is 5.32 Å². The summed E-state index contributed by atoms with van der Waals surface area (Å²) in [5.41, 5.74) is 1.42. The number of amides is 1. The fourth-order valence-electron chi connectivity index (χ4n) is 4.04. The molecule has 2 aromatic carbocycles. The maximum absolute atomic E-state index is 15.1. The number of nitrogens with zero attached hydrogens (tertiary/aromatic N) is 3. The summed E-state index contributed by atoms with van der Waals surface area (Å²) in [7, 11) is 1.65. The van der Waals surface area contributed by atoms with Crippen LogP contribution in [0, 0.1) is 5.82 Å². The fraction of sp³-hybridized carbons (Fsp3) is 0.360. The number of nitrogens with one attached hydrogen (secondary N) is 1. The van der Waals surface area contributed by atoms with Crippen LogP contribution in [0.25, 0.3) is 11.1 Å². The first-order valence-electron chi connectivity index (χ1n) is 11.1. The Bertz CT molecular complexity index is 1270. The zero-order valence-corrected chi connectivity index (χ0v) is 20.6. The quantitative estimate of drug-likeness (QED) is 0.420. The molecule has 186 valence electrons. The van der Waals surface area contributed by atoms with E-state index in [9.17, 15) is 13.6 Å². The van der Waals surface area contributed by atoms with E-state index in [1.165, 1.54) is 10.9 Å². The molecule has 0 atom stereocenters. The topological polar surface area (TPSA) is 59.4 Å². The minimum Gasteiger partial charge on any atom is -0.444 e. The number of carbonyl (C=O) groups excluding carboxylic acids is 1. The number of hydrogen-bond donors (Lipinski definition) is 1. The van der Waals surface area contributed by atoms with Gasteiger partial charge < -0.3 is 15.0 Å². The van der Waals surface area contributed by atoms with E-state index in [1.54, 1.807) is 51.0 Å². The molecule has 6 nitrogen and oxygen atoms in total. The normalized spacial score (nSPS) is 13.7. The number of carbonyl (C=O) groups is 1. The third-order valence-corrected chi connectivity index (χ3v) is 5.84. The Morgan fingerprint density at radius 2 is 1.94 bits per heavy atom. The molecule has 0 fully saturated rings. The van der Waals surface area contributed by atoms with E-state index >= 15 is 4.39 Å². The first kappa shape index (κ1) is 24.9. The molecule has 0 bridgehead atoms. The molecule has 0 radical (unpaired) electrons. The van der Waals surface area contributed by atoms with Crippen molar-refractivity contribution >= 4 is 29.1 Å². The lowest BCUT2D eigenvalue weighted by atomic mass is 9.97. The van der Waals surface area contributed by atoms with Crippen LogP contribution in [0.1, 0.15) is 43.9 Å². The van der Waals surface area contributed by atoms with Crippen molar-refractivity contribution in [2.24, 2.45) is 7.05 Å². The molecule has 1 amide bonds. The number of benzene rings is 2. The van der Waals surface area contributed by atoms with Crippen molar-refractivity contribution in [2.45, 2.75) is 45.8 Å². The van der Waals surface area contributed by atoms with Crippen LogP contribution in [0.4, 0.5) is 29.3 Å². The summed E-state index contributed by atoms with van der Waals surface area (Å²) < 4.78 is 49.9. The maximum atomic E-state index is 15.1. The highest BCUT2D eigenvalue weighted by Crippen LogP contribution is 2.38. The highest BCUT2D eigenvalue weighted by molar-refractivity contribution is 6.31. The summed E-state index contributed by atoms with van der Waals surface area (Å²) in [6, 6.07) is 5.56. The van der Waals surface area contributed by atoms with Gasteiger partial charge in [0.15, 0.2) is 0 Å². The van der Waals surface area contributed by atoms with Gasteiger partial charge >= 0.3 is 6.09 Å². The Kier molecular flexibility index (Phi) is 6.73. The monoisotopic (exact) mass is 506 g/mol. The van der Waals surface area contributed by atoms with E-state index in [2.05, 4.69) is 10.4 Å². The number of aromatic nitrogens is 2. The van der Waals surface area contributed by atoms with Crippen LogP contribution >= 0.6 is 11.6 Å². The van der Waals surface area contributed by atoms with Gasteiger partial charge in [0.05, 0.1) is 18.4 Å². The van der Waals surface area contributed by atoms with Crippen LogP contribution in [-0.4, -0.2) is 32.9 Å². The van der Waals surface area contributed by atoms with Gasteiger partial charge in [0.25, 0.3) is 6.43 Å². The van der Waals surface area contributed by atoms with Gasteiger partial charge in [-0.15, -0.1) is 0 Å². The zero-order valence-electron chi connectivity index (χ0n) is 19.8. The van der Waals surface area contributed by atoms with Crippen molar-refractivity contribution in [1.29, 1.82) is 0 Å². The number of ether oxygens (including phenoxy) is 1. The van der Waals surface area contributed by atoms with Gasteiger partial charge in [-0.2, -0.15) is 5.10 Å². The van der Waals surface area contributed by atoms with E-state index in [-0.39, 0.29) is 23.4 Å². The van der Waals surface area contributed by atoms with Gasteiger partial charge in [-0.05, 0) is 68.1 Å². The van der Waals surface area contributed by atoms with Crippen LogP contribution in [0.15, 0.2) is 36.7 Å². The second-order valence-electron chi connectivity index (χ2n) is 9.49. The Labute approximate surface area is 206 Å². The van der Waals surface area contributed by atoms with E-state index < -0.39 is 23.9 Å². The second kappa shape index (κ2) is 9.45. The van der Waals surface area contributed by atoms with Gasteiger partial charge in [0.2, 0.25) is 0 Å². The largest absolute Gasteiger partial charge is 0.444 e. The molecule has 1 aliphatic rings. The van der Waals surface area contributed by atoms with Crippen molar-refractivity contribution in [3.05, 3.63) is 64.2 Å². The molecule has 10 heteroatoms. The predicted molar refractivity (Wildman–Crippen MR) is 129 cm³/mol. The molecule has 0 unspecified atom stereocenters. The Hall–Kier alpha value is -3.20. The summed E-state index contributed by atoms with van der Waals surface area (Å²) >= 11 is 6.29. The summed E-state index contributed by atoms with van der Waals surface area (Å²) in [6.07, 6.45) is 0.186. The number of hydrogen-bond acceptors (Lipinski definition) is 4. The maximum Gasteiger partial charge on any atom is 0.410 e. The van der Waals surface area contributed by atoms with Crippen molar-refractivity contribution < 1.29 is 22.7 Å². The molecule has 2 heterocycles. The molecule has 35 heavy (non-hydrogen) atoms. The lowest BCUT2D eigenvalue weighted by Gasteiger charge is -2.32. The molecule has 3 aromatic rings. The number of alkyl halides is 2. The van der Waals surface area contributed by atoms with Crippen molar-refractivity contribution in [3.8, 4) is 11.1 Å². The van der Waals surface area contributed by atoms with E-state index in [4.69, 9.17) is 16.3 Å². The fourth-order valence-corrected chi connectivity index (χ4v) is 4.28. The zero-order chi connectivity index (χ0) is 25.5. The second-order valence-corrected chi connectivity index (χ2v) is 9.93. The van der Waals surface area contributed by atoms with Gasteiger partial charge in [0.1, 0.15) is 11.4 Å². The molecule has 0 spiro atoms. The molecule has 0 aliphatic carbocycles. The number of fused-ring (bicyclic) bond motifs is 1. The van der Waals surface area contributed by atoms with Crippen molar-refractivity contribution in [2.75, 3.05) is 11.9 Å². The molecule has 1 N–H and O–H groups in total. The Balaban J connectivity index is 1.69. The molecule has 4 rings (SSSR count). The molecule has 0 saturated carbocycles. The number of rotatable bonds is 4. The number of halogens is 4. The van der Waals surface area contributed by atoms with Gasteiger partial charge in [0, 0.05) is 41.6 Å². The molecular weight excluding hydrogens is 481 g/mol. The number of anilines is 2. The van der Waals surface area contributed by atoms with Crippen LogP contribution in [0.2, 0.25) is 5.02 Å². The van der Waals surface area contributed by atoms with Crippen molar-refractivity contribution in [1.82, 2.24) is 14.7 Å². The minimum absolute atomic E-state index is 0.0698. The van der Waals surface area contributed by atoms with Crippen molar-refractivity contribution in [3.63, 3.8) is 0 Å². The average Bonchev–Trinajstić information content (AvgIpc) is 3.19. The third-order valence-electron chi connectivity index (χ3n) is 5.62. The molecule has 1 aliphatic heterocycles. The van der Waals surface area contributed by atoms with Gasteiger partial charge in [-0.1, -0.05) is 11.6 Å². The summed E-state index contributed by atoms with van der Waals surface area (Å²) in [4.78, 5) is 14.2. The van der Waals surface area contributed by atoms with Gasteiger partial charge in [-0.3, -0.25) is 4.68 Å². The summed E-state index contributed by atoms with van der Waals surface area (Å²) in [5, 5.41) is 7.34. The van der Waals surface area contributed by atoms with Crippen LogP contribution in [0.3, 0.4) is 0 Å².